The molecule has 0 saturated heterocycles. The van der Waals surface area contributed by atoms with E-state index < -0.39 is 0 Å². The molecule has 1 aromatic carbocycles. The fourth-order valence-corrected chi connectivity index (χ4v) is 3.46. The summed E-state index contributed by atoms with van der Waals surface area (Å²) in [6.07, 6.45) is 3.41. The second-order valence-electron chi connectivity index (χ2n) is 7.88. The normalized spacial score (nSPS) is 11.0. The van der Waals surface area contributed by atoms with Gasteiger partial charge in [0.15, 0.2) is 0 Å². The number of hydrogen-bond acceptors (Lipinski definition) is 8. The molecule has 168 valence electrons. The maximum atomic E-state index is 12.1. The number of nitrogens with zero attached hydrogens (tertiary/aromatic N) is 6. The van der Waals surface area contributed by atoms with Crippen LogP contribution in [-0.2, 0) is 6.54 Å². The molecule has 0 aliphatic heterocycles. The molecule has 0 spiro atoms. The highest BCUT2D eigenvalue weighted by molar-refractivity contribution is 5.66. The van der Waals surface area contributed by atoms with Crippen LogP contribution in [0.3, 0.4) is 0 Å². The van der Waals surface area contributed by atoms with E-state index in [-0.39, 0.29) is 24.8 Å². The van der Waals surface area contributed by atoms with Crippen LogP contribution in [0.25, 0.3) is 34.3 Å². The first kappa shape index (κ1) is 22.0. The van der Waals surface area contributed by atoms with E-state index in [2.05, 4.69) is 31.6 Å². The summed E-state index contributed by atoms with van der Waals surface area (Å²) < 4.78 is 7.55. The van der Waals surface area contributed by atoms with E-state index in [1.165, 1.54) is 6.07 Å². The van der Waals surface area contributed by atoms with Gasteiger partial charge < -0.3 is 14.3 Å². The molecule has 3 aromatic heterocycles. The largest absolute Gasteiger partial charge is 0.414 e. The van der Waals surface area contributed by atoms with E-state index in [0.29, 0.717) is 34.8 Å². The van der Waals surface area contributed by atoms with Crippen LogP contribution in [0.1, 0.15) is 38.1 Å². The molecule has 9 nitrogen and oxygen atoms in total. The molecule has 4 aromatic rings. The molecule has 0 bridgehead atoms. The fraction of sp³-hybridized carbons (Fsp3) is 0.250. The second-order valence-corrected chi connectivity index (χ2v) is 7.88. The lowest BCUT2D eigenvalue weighted by Gasteiger charge is -2.11. The van der Waals surface area contributed by atoms with Gasteiger partial charge in [0.2, 0.25) is 5.89 Å². The molecular weight excluding hydrogens is 418 g/mol. The molecule has 0 aliphatic rings. The van der Waals surface area contributed by atoms with E-state index in [1.54, 1.807) is 42.1 Å². The molecule has 0 unspecified atom stereocenters. The van der Waals surface area contributed by atoms with Crippen molar-refractivity contribution in [2.24, 2.45) is 0 Å². The highest BCUT2D eigenvalue weighted by Crippen LogP contribution is 2.28. The average molecular weight is 444 g/mol. The van der Waals surface area contributed by atoms with E-state index >= 15 is 0 Å². The quantitative estimate of drug-likeness (QED) is 0.478. The summed E-state index contributed by atoms with van der Waals surface area (Å²) in [5.41, 5.74) is 4.31. The summed E-state index contributed by atoms with van der Waals surface area (Å²) in [5.74, 6) is 0.440. The van der Waals surface area contributed by atoms with Crippen LogP contribution in [-0.4, -0.2) is 31.8 Å². The van der Waals surface area contributed by atoms with Crippen LogP contribution in [0, 0.1) is 18.3 Å². The summed E-state index contributed by atoms with van der Waals surface area (Å²) in [6.45, 7) is 6.34. The number of benzene rings is 1. The van der Waals surface area contributed by atoms with Crippen molar-refractivity contribution < 1.29 is 5.84 Å². The minimum absolute atomic E-state index is 0. The predicted molar refractivity (Wildman–Crippen MR) is 125 cm³/mol. The van der Waals surface area contributed by atoms with E-state index in [0.717, 1.165) is 11.1 Å². The molecular formula is C24H25N7O2. The zero-order valence-electron chi connectivity index (χ0n) is 18.8. The van der Waals surface area contributed by atoms with Gasteiger partial charge in [-0.2, -0.15) is 5.26 Å². The zero-order valence-corrected chi connectivity index (χ0v) is 18.8. The minimum Gasteiger partial charge on any atom is -0.414 e. The first-order chi connectivity index (χ1) is 15.9. The summed E-state index contributed by atoms with van der Waals surface area (Å²) in [7, 11) is 1.85. The van der Waals surface area contributed by atoms with Crippen LogP contribution < -0.4 is 10.9 Å². The van der Waals surface area contributed by atoms with Gasteiger partial charge in [0.1, 0.15) is 5.69 Å². The first-order valence-corrected chi connectivity index (χ1v) is 10.5. The van der Waals surface area contributed by atoms with E-state index in [4.69, 9.17) is 4.42 Å². The van der Waals surface area contributed by atoms with Gasteiger partial charge in [-0.25, -0.2) is 4.98 Å². The van der Waals surface area contributed by atoms with Crippen LogP contribution in [0.15, 0.2) is 51.9 Å². The minimum atomic E-state index is -0.0791. The Morgan fingerprint density at radius 3 is 2.73 bits per heavy atom. The highest BCUT2D eigenvalue weighted by Gasteiger charge is 2.18. The molecule has 0 radical (unpaired) electrons. The Kier molecular flexibility index (Phi) is 6.11. The Balaban J connectivity index is 0.00000324. The molecule has 1 N–H and O–H groups in total. The topological polar surface area (TPSA) is 123 Å². The highest BCUT2D eigenvalue weighted by atomic mass is 16.4. The number of pyridine rings is 1. The lowest BCUT2D eigenvalue weighted by atomic mass is 10.0. The number of rotatable bonds is 6. The Morgan fingerprint density at radius 1 is 1.21 bits per heavy atom. The monoisotopic (exact) mass is 443 g/mol. The summed E-state index contributed by atoms with van der Waals surface area (Å²) in [5, 5.41) is 20.9. The van der Waals surface area contributed by atoms with Gasteiger partial charge in [-0.05, 0) is 51.6 Å². The van der Waals surface area contributed by atoms with E-state index in [9.17, 15) is 10.1 Å². The Morgan fingerprint density at radius 2 is 2.00 bits per heavy atom. The van der Waals surface area contributed by atoms with Gasteiger partial charge in [0, 0.05) is 31.8 Å². The van der Waals surface area contributed by atoms with Crippen molar-refractivity contribution in [2.75, 3.05) is 7.05 Å². The number of nitriles is 1. The molecule has 0 fully saturated rings. The molecule has 3 heterocycles. The van der Waals surface area contributed by atoms with Crippen molar-refractivity contribution in [1.82, 2.24) is 30.0 Å². The standard InChI is InChI=1S/C24H23N7O2.H2/c1-14(2)31-13-17(6-8-21(31)32)20-12-27-15(3)22(28-20)24-30-29-23(33-24)19-7-5-16(11-26-4)9-18(19)10-25;/h5-9,12-14,26H,11H2,1-4H3;1H. The van der Waals surface area contributed by atoms with Gasteiger partial charge >= 0.3 is 0 Å². The van der Waals surface area contributed by atoms with Crippen LogP contribution in [0.5, 0.6) is 0 Å². The molecule has 0 saturated carbocycles. The molecule has 0 aliphatic carbocycles. The van der Waals surface area contributed by atoms with Gasteiger partial charge in [-0.3, -0.25) is 9.78 Å². The summed E-state index contributed by atoms with van der Waals surface area (Å²) in [6, 6.07) is 10.9. The summed E-state index contributed by atoms with van der Waals surface area (Å²) >= 11 is 0. The fourth-order valence-electron chi connectivity index (χ4n) is 3.46. The van der Waals surface area contributed by atoms with Crippen molar-refractivity contribution in [1.29, 1.82) is 5.26 Å². The Labute approximate surface area is 192 Å². The Hall–Kier alpha value is -4.16. The number of aryl methyl sites for hydroxylation is 1. The lowest BCUT2D eigenvalue weighted by Crippen LogP contribution is -2.20. The molecule has 9 heteroatoms. The van der Waals surface area contributed by atoms with Crippen molar-refractivity contribution in [3.63, 3.8) is 0 Å². The SMILES string of the molecule is CNCc1ccc(-c2nnc(-c3nc(-c4ccc(=O)n(C(C)C)c4)cnc3C)o2)c(C#N)c1.[HH]. The third kappa shape index (κ3) is 4.42. The first-order valence-electron chi connectivity index (χ1n) is 10.5. The van der Waals surface area contributed by atoms with Gasteiger partial charge in [-0.15, -0.1) is 10.2 Å². The number of nitrogens with one attached hydrogen (secondary N) is 1. The number of hydrogen-bond donors (Lipinski definition) is 1. The van der Waals surface area contributed by atoms with Crippen LogP contribution in [0.4, 0.5) is 0 Å². The predicted octanol–water partition coefficient (Wildman–Crippen LogP) is 3.75. The maximum Gasteiger partial charge on any atom is 0.268 e. The molecule has 0 atom stereocenters. The van der Waals surface area contributed by atoms with Crippen molar-refractivity contribution in [2.45, 2.75) is 33.4 Å². The van der Waals surface area contributed by atoms with Crippen molar-refractivity contribution in [3.05, 3.63) is 69.9 Å². The van der Waals surface area contributed by atoms with E-state index in [1.807, 2.05) is 27.0 Å². The third-order valence-electron chi connectivity index (χ3n) is 5.19. The average Bonchev–Trinajstić information content (AvgIpc) is 3.29. The maximum absolute atomic E-state index is 12.1. The van der Waals surface area contributed by atoms with Crippen LogP contribution in [0.2, 0.25) is 0 Å². The van der Waals surface area contributed by atoms with Gasteiger partial charge in [0.05, 0.1) is 34.8 Å². The lowest BCUT2D eigenvalue weighted by molar-refractivity contribution is 0.578. The number of aromatic nitrogens is 5. The van der Waals surface area contributed by atoms with Crippen molar-refractivity contribution in [3.8, 4) is 40.4 Å². The summed E-state index contributed by atoms with van der Waals surface area (Å²) in [4.78, 5) is 21.2. The third-order valence-corrected chi connectivity index (χ3v) is 5.19. The van der Waals surface area contributed by atoms with Gasteiger partial charge in [-0.1, -0.05) is 6.07 Å². The molecule has 4 rings (SSSR count). The zero-order chi connectivity index (χ0) is 23.5. The Bertz CT molecular complexity index is 1420. The molecule has 33 heavy (non-hydrogen) atoms. The van der Waals surface area contributed by atoms with Gasteiger partial charge in [0.25, 0.3) is 11.4 Å². The van der Waals surface area contributed by atoms with Crippen molar-refractivity contribution >= 4 is 0 Å². The smallest absolute Gasteiger partial charge is 0.268 e. The van der Waals surface area contributed by atoms with Crippen LogP contribution >= 0.6 is 0 Å². The second kappa shape index (κ2) is 9.14. The molecule has 0 amide bonds.